The molecule has 2 aromatic carbocycles. The zero-order valence-electron chi connectivity index (χ0n) is 17.4. The van der Waals surface area contributed by atoms with Crippen molar-refractivity contribution in [1.29, 1.82) is 0 Å². The molecule has 0 atom stereocenters. The molecule has 0 radical (unpaired) electrons. The fraction of sp³-hybridized carbons (Fsp3) is 0.333. The van der Waals surface area contributed by atoms with Crippen LogP contribution in [0.2, 0.25) is 0 Å². The molecule has 2 rings (SSSR count). The number of para-hydroxylation sites is 2. The van der Waals surface area contributed by atoms with Gasteiger partial charge in [0.1, 0.15) is 0 Å². The highest BCUT2D eigenvalue weighted by Crippen LogP contribution is 2.33. The number of nitrogens with zero attached hydrogens (tertiary/aromatic N) is 1. The summed E-state index contributed by atoms with van der Waals surface area (Å²) in [6, 6.07) is 14.0. The standard InChI is InChI=1S/C21H26F2N4O3.HI/c1-3-24-21(26-14-18(28)27-16-10-6-5-7-11-16)25-13-15-9-8-12-17(29-4-2)19(15)30-20(22)23;/h5-12,20H,3-4,13-14H2,1-2H3,(H,27,28)(H2,24,25,26);1H. The molecule has 170 valence electrons. The zero-order valence-corrected chi connectivity index (χ0v) is 19.7. The van der Waals surface area contributed by atoms with Gasteiger partial charge in [-0.1, -0.05) is 30.3 Å². The van der Waals surface area contributed by atoms with Gasteiger partial charge in [-0.05, 0) is 32.0 Å². The van der Waals surface area contributed by atoms with Crippen LogP contribution in [0.15, 0.2) is 53.5 Å². The molecule has 0 spiro atoms. The molecule has 0 saturated carbocycles. The van der Waals surface area contributed by atoms with Crippen LogP contribution in [0.25, 0.3) is 0 Å². The molecule has 0 aliphatic heterocycles. The van der Waals surface area contributed by atoms with Crippen LogP contribution < -0.4 is 25.4 Å². The number of aliphatic imine (C=N–C) groups is 1. The number of anilines is 1. The maximum atomic E-state index is 12.8. The summed E-state index contributed by atoms with van der Waals surface area (Å²) in [7, 11) is 0. The third kappa shape index (κ3) is 9.37. The van der Waals surface area contributed by atoms with Gasteiger partial charge in [0.2, 0.25) is 5.91 Å². The van der Waals surface area contributed by atoms with Crippen molar-refractivity contribution < 1.29 is 23.0 Å². The van der Waals surface area contributed by atoms with Crippen LogP contribution in [0.5, 0.6) is 11.5 Å². The lowest BCUT2D eigenvalue weighted by molar-refractivity contribution is -0.115. The summed E-state index contributed by atoms with van der Waals surface area (Å²) in [5.41, 5.74) is 1.12. The van der Waals surface area contributed by atoms with Gasteiger partial charge in [-0.3, -0.25) is 4.79 Å². The van der Waals surface area contributed by atoms with E-state index in [1.165, 1.54) is 0 Å². The Morgan fingerprint density at radius 1 is 1.06 bits per heavy atom. The summed E-state index contributed by atoms with van der Waals surface area (Å²) >= 11 is 0. The lowest BCUT2D eigenvalue weighted by atomic mass is 10.2. The van der Waals surface area contributed by atoms with Crippen molar-refractivity contribution in [3.8, 4) is 11.5 Å². The molecule has 10 heteroatoms. The van der Waals surface area contributed by atoms with E-state index in [0.717, 1.165) is 0 Å². The maximum absolute atomic E-state index is 12.8. The van der Waals surface area contributed by atoms with E-state index in [1.54, 1.807) is 37.3 Å². The lowest BCUT2D eigenvalue weighted by Gasteiger charge is -2.15. The van der Waals surface area contributed by atoms with Crippen molar-refractivity contribution in [2.45, 2.75) is 27.0 Å². The average Bonchev–Trinajstić information content (AvgIpc) is 2.72. The van der Waals surface area contributed by atoms with E-state index in [9.17, 15) is 13.6 Å². The Morgan fingerprint density at radius 3 is 2.45 bits per heavy atom. The van der Waals surface area contributed by atoms with Crippen molar-refractivity contribution >= 4 is 41.5 Å². The van der Waals surface area contributed by atoms with Crippen molar-refractivity contribution in [1.82, 2.24) is 10.6 Å². The fourth-order valence-electron chi connectivity index (χ4n) is 2.57. The molecule has 0 bridgehead atoms. The Hall–Kier alpha value is -2.63. The smallest absolute Gasteiger partial charge is 0.387 e. The minimum atomic E-state index is -2.98. The lowest BCUT2D eigenvalue weighted by Crippen LogP contribution is -2.41. The molecule has 0 aliphatic rings. The van der Waals surface area contributed by atoms with Gasteiger partial charge < -0.3 is 25.4 Å². The van der Waals surface area contributed by atoms with Crippen LogP contribution in [-0.4, -0.2) is 38.2 Å². The number of guanidine groups is 1. The highest BCUT2D eigenvalue weighted by molar-refractivity contribution is 14.0. The number of ether oxygens (including phenoxy) is 2. The Labute approximate surface area is 197 Å². The molecule has 1 amide bonds. The summed E-state index contributed by atoms with van der Waals surface area (Å²) in [6.45, 7) is 1.56. The van der Waals surface area contributed by atoms with E-state index in [-0.39, 0.29) is 54.5 Å². The highest BCUT2D eigenvalue weighted by Gasteiger charge is 2.15. The Bertz CT molecular complexity index is 839. The number of alkyl halides is 2. The summed E-state index contributed by atoms with van der Waals surface area (Å²) in [6.07, 6.45) is 0. The number of carbonyl (C=O) groups excluding carboxylic acids is 1. The van der Waals surface area contributed by atoms with Gasteiger partial charge >= 0.3 is 6.61 Å². The molecule has 7 nitrogen and oxygen atoms in total. The number of hydrogen-bond acceptors (Lipinski definition) is 4. The molecule has 3 N–H and O–H groups in total. The molecule has 0 unspecified atom stereocenters. The SMILES string of the molecule is CCNC(=NCc1cccc(OCC)c1OC(F)F)NCC(=O)Nc1ccccc1.I. The third-order valence-electron chi connectivity index (χ3n) is 3.79. The monoisotopic (exact) mass is 548 g/mol. The normalized spacial score (nSPS) is 10.8. The fourth-order valence-corrected chi connectivity index (χ4v) is 2.57. The summed E-state index contributed by atoms with van der Waals surface area (Å²) in [5, 5.41) is 8.69. The number of benzene rings is 2. The van der Waals surface area contributed by atoms with E-state index < -0.39 is 6.61 Å². The van der Waals surface area contributed by atoms with Gasteiger partial charge in [-0.2, -0.15) is 8.78 Å². The van der Waals surface area contributed by atoms with Gasteiger partial charge in [0.15, 0.2) is 17.5 Å². The topological polar surface area (TPSA) is 84.0 Å². The van der Waals surface area contributed by atoms with E-state index in [4.69, 9.17) is 4.74 Å². The predicted octanol–water partition coefficient (Wildman–Crippen LogP) is 4.00. The number of nitrogens with one attached hydrogen (secondary N) is 3. The van der Waals surface area contributed by atoms with Crippen molar-refractivity contribution in [2.75, 3.05) is 25.0 Å². The van der Waals surface area contributed by atoms with Crippen molar-refractivity contribution in [3.63, 3.8) is 0 Å². The van der Waals surface area contributed by atoms with Gasteiger partial charge in [-0.15, -0.1) is 24.0 Å². The number of halogens is 3. The summed E-state index contributed by atoms with van der Waals surface area (Å²) in [4.78, 5) is 16.5. The first-order chi connectivity index (χ1) is 14.5. The second-order valence-corrected chi connectivity index (χ2v) is 6.02. The highest BCUT2D eigenvalue weighted by atomic mass is 127. The van der Waals surface area contributed by atoms with E-state index >= 15 is 0 Å². The van der Waals surface area contributed by atoms with Gasteiger partial charge in [0.25, 0.3) is 0 Å². The van der Waals surface area contributed by atoms with Gasteiger partial charge in [0, 0.05) is 17.8 Å². The molecule has 0 aromatic heterocycles. The third-order valence-corrected chi connectivity index (χ3v) is 3.79. The molecule has 0 saturated heterocycles. The molecular formula is C21H27F2IN4O3. The Morgan fingerprint density at radius 2 is 1.81 bits per heavy atom. The summed E-state index contributed by atoms with van der Waals surface area (Å²) < 4.78 is 35.7. The molecule has 0 heterocycles. The molecule has 2 aromatic rings. The molecular weight excluding hydrogens is 521 g/mol. The quantitative estimate of drug-likeness (QED) is 0.238. The second kappa shape index (κ2) is 14.4. The summed E-state index contributed by atoms with van der Waals surface area (Å²) in [5.74, 6) is 0.304. The van der Waals surface area contributed by atoms with E-state index in [1.807, 2.05) is 25.1 Å². The second-order valence-electron chi connectivity index (χ2n) is 6.02. The van der Waals surface area contributed by atoms with Crippen molar-refractivity contribution in [3.05, 3.63) is 54.1 Å². The zero-order chi connectivity index (χ0) is 21.8. The van der Waals surface area contributed by atoms with Crippen LogP contribution in [0, 0.1) is 0 Å². The molecule has 0 aliphatic carbocycles. The van der Waals surface area contributed by atoms with Crippen LogP contribution in [0.4, 0.5) is 14.5 Å². The number of rotatable bonds is 10. The van der Waals surface area contributed by atoms with Crippen LogP contribution in [0.1, 0.15) is 19.4 Å². The maximum Gasteiger partial charge on any atom is 0.387 e. The minimum Gasteiger partial charge on any atom is -0.490 e. The predicted molar refractivity (Wildman–Crippen MR) is 128 cm³/mol. The molecule has 31 heavy (non-hydrogen) atoms. The van der Waals surface area contributed by atoms with Crippen LogP contribution in [0.3, 0.4) is 0 Å². The first-order valence-corrected chi connectivity index (χ1v) is 9.60. The van der Waals surface area contributed by atoms with Crippen molar-refractivity contribution in [2.24, 2.45) is 4.99 Å². The Balaban J connectivity index is 0.00000480. The largest absolute Gasteiger partial charge is 0.490 e. The van der Waals surface area contributed by atoms with Crippen LogP contribution in [-0.2, 0) is 11.3 Å². The van der Waals surface area contributed by atoms with Gasteiger partial charge in [0.05, 0.1) is 19.7 Å². The van der Waals surface area contributed by atoms with Crippen LogP contribution >= 0.6 is 24.0 Å². The van der Waals surface area contributed by atoms with E-state index in [2.05, 4.69) is 25.7 Å². The number of carbonyl (C=O) groups is 1. The molecule has 0 fully saturated rings. The first-order valence-electron chi connectivity index (χ1n) is 9.60. The average molecular weight is 548 g/mol. The van der Waals surface area contributed by atoms with Gasteiger partial charge in [-0.25, -0.2) is 4.99 Å². The Kier molecular flexibility index (Phi) is 12.3. The minimum absolute atomic E-state index is 0. The first kappa shape index (κ1) is 26.4. The number of amides is 1. The number of hydrogen-bond donors (Lipinski definition) is 3. The van der Waals surface area contributed by atoms with E-state index in [0.29, 0.717) is 30.4 Å².